The molecule has 30 heavy (non-hydrogen) atoms. The molecule has 6 nitrogen and oxygen atoms in total. The predicted molar refractivity (Wildman–Crippen MR) is 91.3 cm³/mol. The second-order valence-corrected chi connectivity index (χ2v) is 8.93. The molecule has 15 heteroatoms. The van der Waals surface area contributed by atoms with Gasteiger partial charge in [-0.3, -0.25) is 4.90 Å². The van der Waals surface area contributed by atoms with Gasteiger partial charge >= 0.3 is 28.3 Å². The third-order valence-electron chi connectivity index (χ3n) is 3.90. The van der Waals surface area contributed by atoms with Gasteiger partial charge in [0, 0.05) is 32.7 Å². The maximum atomic E-state index is 13.0. The summed E-state index contributed by atoms with van der Waals surface area (Å²) in [6.45, 7) is 2.54. The topological polar surface area (TPSA) is 81.1 Å². The molecule has 0 aliphatic carbocycles. The number of nitrogens with zero attached hydrogens (tertiary/aromatic N) is 2. The number of piperazine rings is 1. The minimum absolute atomic E-state index is 0.00261. The summed E-state index contributed by atoms with van der Waals surface area (Å²) in [6, 6.07) is 1.36. The molecule has 0 aromatic heterocycles. The van der Waals surface area contributed by atoms with Gasteiger partial charge in [0.15, 0.2) is 0 Å². The zero-order valence-corrected chi connectivity index (χ0v) is 16.1. The van der Waals surface area contributed by atoms with Crippen LogP contribution in [0.3, 0.4) is 0 Å². The van der Waals surface area contributed by atoms with Crippen molar-refractivity contribution in [1.82, 2.24) is 9.80 Å². The number of likely N-dealkylation sites (N-methyl/N-ethyl adjacent to an activating group) is 1. The van der Waals surface area contributed by atoms with E-state index in [1.54, 1.807) is 4.90 Å². The number of rotatable bonds is 4. The van der Waals surface area contributed by atoms with E-state index < -0.39 is 38.8 Å². The summed E-state index contributed by atoms with van der Waals surface area (Å²) >= 11 is 0. The summed E-state index contributed by atoms with van der Waals surface area (Å²) in [4.78, 5) is 21.5. The highest BCUT2D eigenvalue weighted by Crippen LogP contribution is 3.02. The van der Waals surface area contributed by atoms with E-state index >= 15 is 0 Å². The molecule has 0 amide bonds. The Morgan fingerprint density at radius 1 is 0.967 bits per heavy atom. The van der Waals surface area contributed by atoms with Crippen LogP contribution in [0, 0.1) is 0 Å². The van der Waals surface area contributed by atoms with Crippen LogP contribution < -0.4 is 0 Å². The van der Waals surface area contributed by atoms with Gasteiger partial charge in [0.25, 0.3) is 0 Å². The molecular weight excluding hydrogens is 456 g/mol. The predicted octanol–water partition coefficient (Wildman–Crippen LogP) is 4.42. The molecule has 0 unspecified atom stereocenters. The number of aliphatic carboxylic acids is 1. The second kappa shape index (κ2) is 7.85. The third kappa shape index (κ3) is 8.31. The van der Waals surface area contributed by atoms with Crippen LogP contribution in [0.15, 0.2) is 23.1 Å². The molecule has 174 valence electrons. The minimum Gasteiger partial charge on any atom is -0.478 e. The number of carboxylic acid groups (broad SMARTS) is 2. The summed E-state index contributed by atoms with van der Waals surface area (Å²) in [6.07, 6.45) is -5.08. The average molecular weight is 474 g/mol. The first-order valence-corrected chi connectivity index (χ1v) is 9.96. The van der Waals surface area contributed by atoms with Crippen LogP contribution in [0.5, 0.6) is 0 Å². The molecule has 0 bridgehead atoms. The molecule has 1 aliphatic rings. The lowest BCUT2D eigenvalue weighted by atomic mass is 10.1. The van der Waals surface area contributed by atoms with Crippen molar-refractivity contribution in [3.05, 3.63) is 29.3 Å². The van der Waals surface area contributed by atoms with Gasteiger partial charge in [0.05, 0.1) is 5.56 Å². The average Bonchev–Trinajstić information content (AvgIpc) is 2.54. The molecular formula is C15H18F8N2O4S. The van der Waals surface area contributed by atoms with Gasteiger partial charge in [0.2, 0.25) is 0 Å². The van der Waals surface area contributed by atoms with Gasteiger partial charge in [-0.2, -0.15) is 13.2 Å². The number of benzene rings is 1. The van der Waals surface area contributed by atoms with E-state index in [0.717, 1.165) is 6.07 Å². The number of aromatic carboxylic acids is 1. The van der Waals surface area contributed by atoms with Gasteiger partial charge in [-0.05, 0) is 30.8 Å². The summed E-state index contributed by atoms with van der Waals surface area (Å²) in [5.74, 6) is -4.43. The van der Waals surface area contributed by atoms with Crippen molar-refractivity contribution in [2.24, 2.45) is 0 Å². The highest BCUT2D eigenvalue weighted by atomic mass is 32.5. The quantitative estimate of drug-likeness (QED) is 0.629. The molecule has 1 aliphatic heterocycles. The Balaban J connectivity index is 0.000000553. The van der Waals surface area contributed by atoms with Crippen LogP contribution in [0.2, 0.25) is 0 Å². The number of alkyl halides is 3. The Labute approximate surface area is 165 Å². The number of hydrogen-bond acceptors (Lipinski definition) is 4. The summed E-state index contributed by atoms with van der Waals surface area (Å²) in [5.41, 5.74) is -0.877. The minimum atomic E-state index is -9.92. The molecule has 0 spiro atoms. The summed E-state index contributed by atoms with van der Waals surface area (Å²) in [7, 11) is -8.03. The Bertz CT molecular complexity index is 806. The molecule has 0 radical (unpaired) electrons. The Hall–Kier alpha value is -2.13. The van der Waals surface area contributed by atoms with Crippen molar-refractivity contribution in [3.63, 3.8) is 0 Å². The fourth-order valence-corrected chi connectivity index (χ4v) is 3.09. The number of carbonyl (C=O) groups is 2. The first-order chi connectivity index (χ1) is 13.2. The monoisotopic (exact) mass is 474 g/mol. The van der Waals surface area contributed by atoms with E-state index in [9.17, 15) is 37.4 Å². The molecule has 1 heterocycles. The third-order valence-corrected chi connectivity index (χ3v) is 5.03. The Morgan fingerprint density at radius 3 is 1.80 bits per heavy atom. The van der Waals surface area contributed by atoms with E-state index in [-0.39, 0.29) is 18.2 Å². The largest absolute Gasteiger partial charge is 0.490 e. The first kappa shape index (κ1) is 25.9. The van der Waals surface area contributed by atoms with Crippen molar-refractivity contribution in [2.75, 3.05) is 33.2 Å². The molecule has 2 N–H and O–H groups in total. The van der Waals surface area contributed by atoms with Gasteiger partial charge in [0.1, 0.15) is 4.90 Å². The SMILES string of the molecule is CN1CCN(Cc2cc(C(=O)O)cc(S(F)(F)(F)(F)F)c2)CC1.O=C(O)C(F)(F)F. The molecule has 0 atom stereocenters. The van der Waals surface area contributed by atoms with Gasteiger partial charge in [-0.25, -0.2) is 9.59 Å². The van der Waals surface area contributed by atoms with E-state index in [2.05, 4.69) is 0 Å². The Morgan fingerprint density at radius 2 is 1.43 bits per heavy atom. The maximum absolute atomic E-state index is 13.0. The van der Waals surface area contributed by atoms with E-state index in [4.69, 9.17) is 15.0 Å². The zero-order chi connectivity index (χ0) is 23.6. The highest BCUT2D eigenvalue weighted by molar-refractivity contribution is 8.45. The van der Waals surface area contributed by atoms with Crippen LogP contribution in [0.25, 0.3) is 0 Å². The smallest absolute Gasteiger partial charge is 0.478 e. The van der Waals surface area contributed by atoms with Crippen LogP contribution in [-0.4, -0.2) is 71.4 Å². The van der Waals surface area contributed by atoms with Crippen LogP contribution in [0.4, 0.5) is 32.6 Å². The van der Waals surface area contributed by atoms with Crippen LogP contribution in [-0.2, 0) is 11.3 Å². The van der Waals surface area contributed by atoms with Gasteiger partial charge in [-0.15, -0.1) is 0 Å². The lowest BCUT2D eigenvalue weighted by Gasteiger charge is -2.41. The van der Waals surface area contributed by atoms with Gasteiger partial charge < -0.3 is 15.1 Å². The summed E-state index contributed by atoms with van der Waals surface area (Å²) < 4.78 is 96.7. The van der Waals surface area contributed by atoms with E-state index in [1.807, 2.05) is 11.9 Å². The number of carboxylic acids is 2. The lowest BCUT2D eigenvalue weighted by Crippen LogP contribution is -2.43. The molecule has 1 saturated heterocycles. The molecule has 1 aromatic rings. The lowest BCUT2D eigenvalue weighted by molar-refractivity contribution is -0.192. The van der Waals surface area contributed by atoms with Crippen molar-refractivity contribution in [2.45, 2.75) is 17.6 Å². The van der Waals surface area contributed by atoms with E-state index in [0.29, 0.717) is 32.2 Å². The van der Waals surface area contributed by atoms with Crippen molar-refractivity contribution < 1.29 is 52.4 Å². The molecule has 1 aromatic carbocycles. The normalized spacial score (nSPS) is 18.6. The zero-order valence-electron chi connectivity index (χ0n) is 15.3. The first-order valence-electron chi connectivity index (χ1n) is 8.01. The highest BCUT2D eigenvalue weighted by Gasteiger charge is 2.65. The Kier molecular flexibility index (Phi) is 6.78. The molecule has 2 rings (SSSR count). The van der Waals surface area contributed by atoms with Crippen LogP contribution >= 0.6 is 10.2 Å². The molecule has 1 fully saturated rings. The molecule has 0 saturated carbocycles. The van der Waals surface area contributed by atoms with Crippen LogP contribution in [0.1, 0.15) is 15.9 Å². The fraction of sp³-hybridized carbons (Fsp3) is 0.467. The summed E-state index contributed by atoms with van der Waals surface area (Å²) in [5, 5.41) is 16.0. The number of hydrogen-bond donors (Lipinski definition) is 2. The van der Waals surface area contributed by atoms with E-state index in [1.165, 1.54) is 0 Å². The van der Waals surface area contributed by atoms with Crippen molar-refractivity contribution in [3.8, 4) is 0 Å². The van der Waals surface area contributed by atoms with Gasteiger partial charge in [-0.1, -0.05) is 19.4 Å². The number of halogens is 8. The fourth-order valence-electron chi connectivity index (χ4n) is 2.36. The standard InChI is InChI=1S/C13H17F5N2O2S.C2HF3O2/c1-19-2-4-20(5-3-19)9-10-6-11(13(21)22)8-12(7-10)23(14,15,16,17)18;3-2(4,5)1(6)7/h6-8H,2-5,9H2,1H3,(H,21,22);(H,6,7). The van der Waals surface area contributed by atoms with Crippen molar-refractivity contribution >= 4 is 22.2 Å². The van der Waals surface area contributed by atoms with Crippen molar-refractivity contribution in [1.29, 1.82) is 0 Å². The maximum Gasteiger partial charge on any atom is 0.490 e. The second-order valence-electron chi connectivity index (χ2n) is 6.52.